The highest BCUT2D eigenvalue weighted by atomic mass is 35.5. The average Bonchev–Trinajstić information content (AvgIpc) is 2.73. The Hall–Kier alpha value is -2.80. The Morgan fingerprint density at radius 1 is 0.967 bits per heavy atom. The minimum atomic E-state index is -0.493. The second-order valence-electron chi connectivity index (χ2n) is 7.24. The van der Waals surface area contributed by atoms with Gasteiger partial charge in [0.2, 0.25) is 0 Å². The van der Waals surface area contributed by atoms with Crippen LogP contribution in [0.3, 0.4) is 0 Å². The number of hydrogen-bond donors (Lipinski definition) is 0. The summed E-state index contributed by atoms with van der Waals surface area (Å²) < 4.78 is 24.3. The van der Waals surface area contributed by atoms with Gasteiger partial charge in [-0.1, -0.05) is 11.6 Å². The fourth-order valence-corrected chi connectivity index (χ4v) is 3.53. The van der Waals surface area contributed by atoms with Gasteiger partial charge in [-0.3, -0.25) is 9.59 Å². The zero-order valence-electron chi connectivity index (χ0n) is 17.2. The molecule has 2 aromatic rings. The Morgan fingerprint density at radius 2 is 1.60 bits per heavy atom. The number of carbonyl (C=O) groups is 2. The second kappa shape index (κ2) is 9.34. The summed E-state index contributed by atoms with van der Waals surface area (Å²) in [5.74, 6) is 0.164. The molecule has 0 spiro atoms. The van der Waals surface area contributed by atoms with Crippen LogP contribution in [0.5, 0.6) is 11.5 Å². The van der Waals surface area contributed by atoms with Crippen LogP contribution in [-0.2, 0) is 0 Å². The summed E-state index contributed by atoms with van der Waals surface area (Å²) in [6.45, 7) is 5.33. The molecular formula is C22H24ClFN2O4. The highest BCUT2D eigenvalue weighted by molar-refractivity contribution is 6.33. The molecule has 1 fully saturated rings. The van der Waals surface area contributed by atoms with Crippen LogP contribution in [0.15, 0.2) is 36.4 Å². The van der Waals surface area contributed by atoms with Gasteiger partial charge in [0.1, 0.15) is 5.82 Å². The predicted octanol–water partition coefficient (Wildman–Crippen LogP) is 3.87. The lowest BCUT2D eigenvalue weighted by Gasteiger charge is -2.35. The number of nitrogens with zero attached hydrogens (tertiary/aromatic N) is 2. The Bertz CT molecular complexity index is 943. The van der Waals surface area contributed by atoms with Gasteiger partial charge >= 0.3 is 0 Å². The van der Waals surface area contributed by atoms with Crippen molar-refractivity contribution in [1.29, 1.82) is 0 Å². The number of halogens is 2. The van der Waals surface area contributed by atoms with Crippen molar-refractivity contribution in [1.82, 2.24) is 9.80 Å². The van der Waals surface area contributed by atoms with E-state index in [2.05, 4.69) is 0 Å². The zero-order valence-corrected chi connectivity index (χ0v) is 17.9. The number of piperazine rings is 1. The first-order valence-corrected chi connectivity index (χ1v) is 10.1. The molecule has 2 aromatic carbocycles. The van der Waals surface area contributed by atoms with Gasteiger partial charge < -0.3 is 19.3 Å². The molecule has 0 aromatic heterocycles. The van der Waals surface area contributed by atoms with Crippen LogP contribution < -0.4 is 9.47 Å². The van der Waals surface area contributed by atoms with Crippen molar-refractivity contribution in [2.45, 2.75) is 20.0 Å². The largest absolute Gasteiger partial charge is 0.493 e. The topological polar surface area (TPSA) is 59.1 Å². The maximum absolute atomic E-state index is 13.2. The molecule has 3 rings (SSSR count). The molecule has 2 amide bonds. The highest BCUT2D eigenvalue weighted by Gasteiger charge is 2.27. The molecule has 0 atom stereocenters. The molecule has 1 aliphatic rings. The highest BCUT2D eigenvalue weighted by Crippen LogP contribution is 2.29. The number of benzene rings is 2. The molecule has 0 bridgehead atoms. The number of rotatable bonds is 5. The van der Waals surface area contributed by atoms with Crippen molar-refractivity contribution in [2.24, 2.45) is 0 Å². The van der Waals surface area contributed by atoms with E-state index in [0.29, 0.717) is 43.2 Å². The van der Waals surface area contributed by atoms with Gasteiger partial charge in [-0.05, 0) is 50.2 Å². The minimum absolute atomic E-state index is 0.0133. The molecule has 1 saturated heterocycles. The molecule has 8 heteroatoms. The number of hydrogen-bond acceptors (Lipinski definition) is 4. The SMILES string of the molecule is COc1cc(C(=O)N2CCN(C(=O)c3ccc(F)cc3Cl)CC2)ccc1OC(C)C. The molecule has 0 N–H and O–H groups in total. The van der Waals surface area contributed by atoms with Crippen molar-refractivity contribution >= 4 is 23.4 Å². The van der Waals surface area contributed by atoms with E-state index in [0.717, 1.165) is 6.07 Å². The van der Waals surface area contributed by atoms with Crippen molar-refractivity contribution in [3.8, 4) is 11.5 Å². The van der Waals surface area contributed by atoms with Crippen LogP contribution in [0.2, 0.25) is 5.02 Å². The number of carbonyl (C=O) groups excluding carboxylic acids is 2. The molecule has 0 radical (unpaired) electrons. The zero-order chi connectivity index (χ0) is 21.8. The maximum Gasteiger partial charge on any atom is 0.255 e. The van der Waals surface area contributed by atoms with Crippen molar-refractivity contribution in [2.75, 3.05) is 33.3 Å². The first-order chi connectivity index (χ1) is 14.3. The quantitative estimate of drug-likeness (QED) is 0.716. The lowest BCUT2D eigenvalue weighted by Crippen LogP contribution is -2.50. The third-order valence-corrected chi connectivity index (χ3v) is 5.10. The van der Waals surface area contributed by atoms with Gasteiger partial charge in [0.05, 0.1) is 23.8 Å². The monoisotopic (exact) mass is 434 g/mol. The van der Waals surface area contributed by atoms with Gasteiger partial charge in [0.25, 0.3) is 11.8 Å². The molecule has 30 heavy (non-hydrogen) atoms. The third-order valence-electron chi connectivity index (χ3n) is 4.79. The van der Waals surface area contributed by atoms with Crippen molar-refractivity contribution in [3.63, 3.8) is 0 Å². The Labute approximate surface area is 180 Å². The van der Waals surface area contributed by atoms with E-state index < -0.39 is 5.82 Å². The summed E-state index contributed by atoms with van der Waals surface area (Å²) in [4.78, 5) is 28.9. The molecule has 0 aliphatic carbocycles. The van der Waals surface area contributed by atoms with Crippen molar-refractivity contribution < 1.29 is 23.5 Å². The number of ether oxygens (including phenoxy) is 2. The van der Waals surface area contributed by atoms with Crippen LogP contribution in [0, 0.1) is 5.82 Å². The fraction of sp³-hybridized carbons (Fsp3) is 0.364. The van der Waals surface area contributed by atoms with Crippen LogP contribution >= 0.6 is 11.6 Å². The van der Waals surface area contributed by atoms with Gasteiger partial charge in [-0.25, -0.2) is 4.39 Å². The minimum Gasteiger partial charge on any atom is -0.493 e. The average molecular weight is 435 g/mol. The van der Waals surface area contributed by atoms with Crippen LogP contribution in [0.25, 0.3) is 0 Å². The molecule has 0 unspecified atom stereocenters. The normalized spacial score (nSPS) is 14.1. The molecule has 1 aliphatic heterocycles. The predicted molar refractivity (Wildman–Crippen MR) is 112 cm³/mol. The molecule has 0 saturated carbocycles. The number of amides is 2. The standard InChI is InChI=1S/C22H24ClFN2O4/c1-14(2)30-19-7-4-15(12-20(19)29-3)21(27)25-8-10-26(11-9-25)22(28)17-6-5-16(24)13-18(17)23/h4-7,12-14H,8-11H2,1-3H3. The van der Waals surface area contributed by atoms with E-state index in [9.17, 15) is 14.0 Å². The third kappa shape index (κ3) is 4.84. The summed E-state index contributed by atoms with van der Waals surface area (Å²) >= 11 is 6.00. The van der Waals surface area contributed by atoms with Gasteiger partial charge in [-0.2, -0.15) is 0 Å². The summed E-state index contributed by atoms with van der Waals surface area (Å²) in [6, 6.07) is 8.80. The lowest BCUT2D eigenvalue weighted by atomic mass is 10.1. The molecule has 160 valence electrons. The summed E-state index contributed by atoms with van der Waals surface area (Å²) in [6.07, 6.45) is -0.0133. The lowest BCUT2D eigenvalue weighted by molar-refractivity contribution is 0.0535. The number of methoxy groups -OCH3 is 1. The molecular weight excluding hydrogens is 411 g/mol. The summed E-state index contributed by atoms with van der Waals surface area (Å²) in [5.41, 5.74) is 0.743. The summed E-state index contributed by atoms with van der Waals surface area (Å²) in [5, 5.41) is 0.0781. The first kappa shape index (κ1) is 21.9. The van der Waals surface area contributed by atoms with Crippen LogP contribution in [0.1, 0.15) is 34.6 Å². The van der Waals surface area contributed by atoms with Crippen LogP contribution in [0.4, 0.5) is 4.39 Å². The van der Waals surface area contributed by atoms with E-state index >= 15 is 0 Å². The van der Waals surface area contributed by atoms with E-state index in [1.807, 2.05) is 13.8 Å². The second-order valence-corrected chi connectivity index (χ2v) is 7.65. The van der Waals surface area contributed by atoms with Crippen molar-refractivity contribution in [3.05, 3.63) is 58.4 Å². The van der Waals surface area contributed by atoms with Gasteiger partial charge in [-0.15, -0.1) is 0 Å². The van der Waals surface area contributed by atoms with Gasteiger partial charge in [0.15, 0.2) is 11.5 Å². The molecule has 1 heterocycles. The van der Waals surface area contributed by atoms with E-state index in [1.165, 1.54) is 19.2 Å². The first-order valence-electron chi connectivity index (χ1n) is 9.68. The van der Waals surface area contributed by atoms with E-state index in [1.54, 1.807) is 28.0 Å². The summed E-state index contributed by atoms with van der Waals surface area (Å²) in [7, 11) is 1.53. The Balaban J connectivity index is 1.66. The van der Waals surface area contributed by atoms with E-state index in [-0.39, 0.29) is 28.5 Å². The Kier molecular flexibility index (Phi) is 6.82. The Morgan fingerprint density at radius 3 is 2.17 bits per heavy atom. The smallest absolute Gasteiger partial charge is 0.255 e. The maximum atomic E-state index is 13.2. The van der Waals surface area contributed by atoms with Crippen LogP contribution in [-0.4, -0.2) is 61.0 Å². The fourth-order valence-electron chi connectivity index (χ4n) is 3.28. The molecule has 6 nitrogen and oxygen atoms in total. The van der Waals surface area contributed by atoms with E-state index in [4.69, 9.17) is 21.1 Å². The van der Waals surface area contributed by atoms with Gasteiger partial charge in [0, 0.05) is 31.7 Å².